The van der Waals surface area contributed by atoms with Crippen LogP contribution in [0.2, 0.25) is 0 Å². The Hall–Kier alpha value is -2.29. The van der Waals surface area contributed by atoms with Crippen molar-refractivity contribution in [2.75, 3.05) is 25.5 Å². The van der Waals surface area contributed by atoms with Gasteiger partial charge in [-0.25, -0.2) is 37.9 Å². The summed E-state index contributed by atoms with van der Waals surface area (Å²) in [6.07, 6.45) is -0.972. The van der Waals surface area contributed by atoms with E-state index in [-0.39, 0.29) is 19.8 Å². The number of nitrogens with zero attached hydrogens (tertiary/aromatic N) is 2. The number of amides is 3. The largest absolute Gasteiger partial charge is 0.462 e. The fraction of sp³-hybridized carbons (Fsp3) is 0.643. The van der Waals surface area contributed by atoms with Gasteiger partial charge in [0.2, 0.25) is 10.0 Å². The SMILES string of the molecule is CCOC(=O)[C@H](F)ON1C(=O)N2C[C@@H]1C=C(C)[C@H]2C(=O)NOCCS(N)(=O)=O. The third-order valence-electron chi connectivity index (χ3n) is 3.89. The van der Waals surface area contributed by atoms with E-state index in [0.717, 1.165) is 4.90 Å². The average molecular weight is 424 g/mol. The number of ether oxygens (including phenoxy) is 1. The Morgan fingerprint density at radius 2 is 2.14 bits per heavy atom. The fourth-order valence-electron chi connectivity index (χ4n) is 2.76. The number of carbonyl (C=O) groups excluding carboxylic acids is 3. The summed E-state index contributed by atoms with van der Waals surface area (Å²) in [6.45, 7) is 2.64. The van der Waals surface area contributed by atoms with Crippen LogP contribution in [0.4, 0.5) is 9.18 Å². The Morgan fingerprint density at radius 3 is 2.75 bits per heavy atom. The average Bonchev–Trinajstić information content (AvgIpc) is 2.83. The molecule has 0 aromatic rings. The smallest absolute Gasteiger partial charge is 0.370 e. The van der Waals surface area contributed by atoms with Gasteiger partial charge in [0.25, 0.3) is 5.91 Å². The van der Waals surface area contributed by atoms with E-state index >= 15 is 0 Å². The third-order valence-corrected chi connectivity index (χ3v) is 4.62. The molecule has 3 amide bonds. The van der Waals surface area contributed by atoms with Crippen molar-refractivity contribution in [3.63, 3.8) is 0 Å². The van der Waals surface area contributed by atoms with E-state index in [9.17, 15) is 27.2 Å². The van der Waals surface area contributed by atoms with Crippen LogP contribution in [0.15, 0.2) is 11.6 Å². The van der Waals surface area contributed by atoms with Crippen molar-refractivity contribution in [2.45, 2.75) is 32.3 Å². The molecule has 158 valence electrons. The lowest BCUT2D eigenvalue weighted by Gasteiger charge is -2.28. The van der Waals surface area contributed by atoms with Crippen LogP contribution in [0.3, 0.4) is 0 Å². The van der Waals surface area contributed by atoms with Crippen LogP contribution in [-0.4, -0.2) is 80.2 Å². The minimum atomic E-state index is -3.75. The highest BCUT2D eigenvalue weighted by Gasteiger charge is 2.48. The summed E-state index contributed by atoms with van der Waals surface area (Å²) in [4.78, 5) is 46.8. The van der Waals surface area contributed by atoms with Crippen molar-refractivity contribution < 1.29 is 41.6 Å². The zero-order chi connectivity index (χ0) is 21.1. The molecule has 0 spiro atoms. The molecule has 0 saturated carbocycles. The lowest BCUT2D eigenvalue weighted by Crippen LogP contribution is -2.50. The Labute approximate surface area is 160 Å². The van der Waals surface area contributed by atoms with Crippen LogP contribution in [0.5, 0.6) is 0 Å². The molecule has 2 aliphatic rings. The number of alkyl halides is 1. The van der Waals surface area contributed by atoms with Gasteiger partial charge < -0.3 is 9.64 Å². The zero-order valence-corrected chi connectivity index (χ0v) is 16.0. The topological polar surface area (TPSA) is 158 Å². The number of esters is 1. The van der Waals surface area contributed by atoms with Crippen molar-refractivity contribution in [1.82, 2.24) is 15.4 Å². The molecular weight excluding hydrogens is 403 g/mol. The molecule has 1 fully saturated rings. The molecule has 28 heavy (non-hydrogen) atoms. The van der Waals surface area contributed by atoms with Crippen molar-refractivity contribution in [3.05, 3.63) is 11.6 Å². The molecule has 0 unspecified atom stereocenters. The molecule has 2 rings (SSSR count). The Bertz CT molecular complexity index is 773. The highest BCUT2D eigenvalue weighted by molar-refractivity contribution is 7.89. The lowest BCUT2D eigenvalue weighted by atomic mass is 10.0. The zero-order valence-electron chi connectivity index (χ0n) is 15.2. The first-order valence-electron chi connectivity index (χ1n) is 8.23. The Kier molecular flexibility index (Phi) is 6.92. The summed E-state index contributed by atoms with van der Waals surface area (Å²) in [5.74, 6) is -2.52. The van der Waals surface area contributed by atoms with E-state index in [1.807, 2.05) is 5.48 Å². The number of nitrogens with two attached hydrogens (primary N) is 1. The maximum absolute atomic E-state index is 13.8. The van der Waals surface area contributed by atoms with Gasteiger partial charge >= 0.3 is 18.4 Å². The molecule has 0 radical (unpaired) electrons. The number of hydroxylamine groups is 3. The summed E-state index contributed by atoms with van der Waals surface area (Å²) in [6, 6.07) is -2.60. The van der Waals surface area contributed by atoms with Crippen LogP contribution in [0.1, 0.15) is 13.8 Å². The second kappa shape index (κ2) is 8.81. The number of carbonyl (C=O) groups is 3. The summed E-state index contributed by atoms with van der Waals surface area (Å²) in [5.41, 5.74) is 2.50. The number of hydrogen-bond donors (Lipinski definition) is 2. The maximum Gasteiger partial charge on any atom is 0.370 e. The van der Waals surface area contributed by atoms with Gasteiger partial charge in [0.15, 0.2) is 0 Å². The number of halogens is 1. The molecule has 12 nitrogen and oxygen atoms in total. The van der Waals surface area contributed by atoms with Gasteiger partial charge in [-0.1, -0.05) is 6.08 Å². The molecule has 3 N–H and O–H groups in total. The van der Waals surface area contributed by atoms with E-state index in [0.29, 0.717) is 10.6 Å². The van der Waals surface area contributed by atoms with Crippen LogP contribution in [0.25, 0.3) is 0 Å². The number of urea groups is 1. The van der Waals surface area contributed by atoms with Crippen molar-refractivity contribution >= 4 is 27.9 Å². The number of hydrogen-bond acceptors (Lipinski definition) is 8. The van der Waals surface area contributed by atoms with E-state index in [1.54, 1.807) is 6.92 Å². The fourth-order valence-corrected chi connectivity index (χ4v) is 3.07. The van der Waals surface area contributed by atoms with Crippen molar-refractivity contribution in [3.8, 4) is 0 Å². The summed E-state index contributed by atoms with van der Waals surface area (Å²) in [7, 11) is -3.75. The lowest BCUT2D eigenvalue weighted by molar-refractivity contribution is -0.223. The minimum Gasteiger partial charge on any atom is -0.462 e. The minimum absolute atomic E-state index is 0.0149. The second-order valence-corrected chi connectivity index (χ2v) is 7.73. The number of fused-ring (bicyclic) bond motifs is 2. The predicted octanol–water partition coefficient (Wildman–Crippen LogP) is -1.45. The van der Waals surface area contributed by atoms with Crippen LogP contribution in [0, 0.1) is 0 Å². The standard InChI is InChI=1S/C14H21FN4O8S/c1-3-25-13(21)11(15)27-19-9-6-8(2)10(18(7-9)14(19)22)12(20)17-26-4-5-28(16,23)24/h6,9-11H,3-5,7H2,1-2H3,(H,17,20)(H2,16,23,24)/t9-,10-,11+/m0/s1. The monoisotopic (exact) mass is 424 g/mol. The van der Waals surface area contributed by atoms with Gasteiger partial charge in [-0.2, -0.15) is 5.06 Å². The van der Waals surface area contributed by atoms with Crippen LogP contribution >= 0.6 is 0 Å². The van der Waals surface area contributed by atoms with Gasteiger partial charge in [0, 0.05) is 0 Å². The van der Waals surface area contributed by atoms with E-state index in [1.165, 1.54) is 13.0 Å². The molecule has 2 aliphatic heterocycles. The van der Waals surface area contributed by atoms with E-state index in [4.69, 9.17) is 14.8 Å². The van der Waals surface area contributed by atoms with Crippen LogP contribution in [-0.2, 0) is 34.0 Å². The van der Waals surface area contributed by atoms with Gasteiger partial charge in [0.1, 0.15) is 6.04 Å². The molecule has 3 atom stereocenters. The highest BCUT2D eigenvalue weighted by Crippen LogP contribution is 2.30. The third kappa shape index (κ3) is 5.15. The molecule has 0 aromatic heterocycles. The highest BCUT2D eigenvalue weighted by atomic mass is 32.2. The van der Waals surface area contributed by atoms with E-state index < -0.39 is 52.1 Å². The molecule has 1 saturated heterocycles. The Balaban J connectivity index is 1.99. The maximum atomic E-state index is 13.8. The Morgan fingerprint density at radius 1 is 1.46 bits per heavy atom. The summed E-state index contributed by atoms with van der Waals surface area (Å²) >= 11 is 0. The van der Waals surface area contributed by atoms with Crippen molar-refractivity contribution in [1.29, 1.82) is 0 Å². The number of sulfonamides is 1. The van der Waals surface area contributed by atoms with Crippen molar-refractivity contribution in [2.24, 2.45) is 5.14 Å². The molecule has 2 heterocycles. The normalized spacial score (nSPS) is 22.7. The molecule has 0 aromatic carbocycles. The summed E-state index contributed by atoms with van der Waals surface area (Å²) < 4.78 is 40.0. The van der Waals surface area contributed by atoms with Crippen LogP contribution < -0.4 is 10.6 Å². The first-order valence-corrected chi connectivity index (χ1v) is 9.94. The molecule has 0 aliphatic carbocycles. The van der Waals surface area contributed by atoms with Gasteiger partial charge in [-0.3, -0.25) is 9.63 Å². The molecule has 2 bridgehead atoms. The number of rotatable bonds is 9. The number of nitrogens with one attached hydrogen (secondary N) is 1. The second-order valence-electron chi connectivity index (χ2n) is 6.00. The molecular formula is C14H21FN4O8S. The van der Waals surface area contributed by atoms with Gasteiger partial charge in [-0.05, 0) is 19.4 Å². The molecule has 14 heteroatoms. The predicted molar refractivity (Wildman–Crippen MR) is 90.0 cm³/mol. The first kappa shape index (κ1) is 22.0. The quantitative estimate of drug-likeness (QED) is 0.197. The summed E-state index contributed by atoms with van der Waals surface area (Å²) in [5, 5.41) is 5.48. The van der Waals surface area contributed by atoms with E-state index in [2.05, 4.69) is 4.74 Å². The first-order chi connectivity index (χ1) is 13.0. The van der Waals surface area contributed by atoms with Gasteiger partial charge in [-0.15, -0.1) is 0 Å². The van der Waals surface area contributed by atoms with Gasteiger partial charge in [0.05, 0.1) is 31.6 Å². The number of primary sulfonamides is 1.